The Hall–Kier alpha value is -1.61. The summed E-state index contributed by atoms with van der Waals surface area (Å²) < 4.78 is 3.98. The highest BCUT2D eigenvalue weighted by atomic mass is 32.1. The fourth-order valence-electron chi connectivity index (χ4n) is 3.27. The van der Waals surface area contributed by atoms with E-state index in [0.29, 0.717) is 19.3 Å². The summed E-state index contributed by atoms with van der Waals surface area (Å²) in [4.78, 5) is 7.36. The summed E-state index contributed by atoms with van der Waals surface area (Å²) >= 11 is 8.83. The van der Waals surface area contributed by atoms with Crippen LogP contribution in [0.15, 0.2) is 36.9 Å². The van der Waals surface area contributed by atoms with Crippen molar-refractivity contribution in [2.45, 2.75) is 32.0 Å². The standard InChI is InChI=1S/C18H21N5S3/c1-2-10-19-17-21-23(18(24)26-17)12-22-11-6-5-8-14(22)16-20-13-7-3-4-9-15(13)25-16/h2-4,7,9,14H,1,5-6,8,10-12H2,(H,19,21)/t14-/m0/s1. The lowest BCUT2D eigenvalue weighted by molar-refractivity contribution is 0.104. The van der Waals surface area contributed by atoms with E-state index in [4.69, 9.17) is 17.2 Å². The highest BCUT2D eigenvalue weighted by molar-refractivity contribution is 7.73. The predicted molar refractivity (Wildman–Crippen MR) is 113 cm³/mol. The maximum Gasteiger partial charge on any atom is 0.204 e. The van der Waals surface area contributed by atoms with Crippen LogP contribution in [0.4, 0.5) is 5.13 Å². The largest absolute Gasteiger partial charge is 0.357 e. The van der Waals surface area contributed by atoms with E-state index in [9.17, 15) is 0 Å². The number of piperidine rings is 1. The summed E-state index contributed by atoms with van der Waals surface area (Å²) in [5, 5.41) is 9.91. The SMILES string of the molecule is C=CCNc1nn(CN2CCCC[C@H]2c2nc3ccccc3s2)c(=S)s1. The first kappa shape index (κ1) is 17.8. The number of hydrogen-bond donors (Lipinski definition) is 1. The number of benzene rings is 1. The lowest BCUT2D eigenvalue weighted by atomic mass is 10.0. The molecule has 8 heteroatoms. The van der Waals surface area contributed by atoms with Crippen LogP contribution in [-0.4, -0.2) is 32.8 Å². The van der Waals surface area contributed by atoms with Crippen LogP contribution in [0.1, 0.15) is 30.3 Å². The number of rotatable bonds is 6. The molecule has 3 aromatic rings. The van der Waals surface area contributed by atoms with Crippen molar-refractivity contribution in [2.75, 3.05) is 18.4 Å². The van der Waals surface area contributed by atoms with Crippen LogP contribution in [0.5, 0.6) is 0 Å². The van der Waals surface area contributed by atoms with Gasteiger partial charge in [-0.05, 0) is 37.2 Å². The molecule has 136 valence electrons. The van der Waals surface area contributed by atoms with Gasteiger partial charge in [-0.25, -0.2) is 9.67 Å². The van der Waals surface area contributed by atoms with E-state index in [1.807, 2.05) is 22.1 Å². The van der Waals surface area contributed by atoms with Crippen LogP contribution >= 0.6 is 34.9 Å². The van der Waals surface area contributed by atoms with Crippen molar-refractivity contribution in [3.8, 4) is 0 Å². The average Bonchev–Trinajstić information content (AvgIpc) is 3.24. The molecule has 26 heavy (non-hydrogen) atoms. The second kappa shape index (κ2) is 7.96. The number of hydrogen-bond acceptors (Lipinski definition) is 7. The second-order valence-electron chi connectivity index (χ2n) is 6.33. The molecule has 0 radical (unpaired) electrons. The Balaban J connectivity index is 1.57. The van der Waals surface area contributed by atoms with Gasteiger partial charge in [0.05, 0.1) is 22.9 Å². The van der Waals surface area contributed by atoms with Crippen LogP contribution < -0.4 is 5.32 Å². The molecule has 1 N–H and O–H groups in total. The van der Waals surface area contributed by atoms with Crippen molar-refractivity contribution < 1.29 is 0 Å². The number of thiazole rings is 1. The molecular weight excluding hydrogens is 382 g/mol. The summed E-state index contributed by atoms with van der Waals surface area (Å²) in [6, 6.07) is 8.72. The van der Waals surface area contributed by atoms with Crippen molar-refractivity contribution in [3.63, 3.8) is 0 Å². The molecule has 1 atom stereocenters. The third-order valence-electron chi connectivity index (χ3n) is 4.53. The topological polar surface area (TPSA) is 46.0 Å². The first-order chi connectivity index (χ1) is 12.7. The lowest BCUT2D eigenvalue weighted by Crippen LogP contribution is -2.35. The molecule has 3 heterocycles. The van der Waals surface area contributed by atoms with Crippen molar-refractivity contribution in [3.05, 3.63) is 45.9 Å². The van der Waals surface area contributed by atoms with E-state index in [2.05, 4.69) is 46.2 Å². The van der Waals surface area contributed by atoms with E-state index in [-0.39, 0.29) is 0 Å². The van der Waals surface area contributed by atoms with Crippen LogP contribution in [0.3, 0.4) is 0 Å². The lowest BCUT2D eigenvalue weighted by Gasteiger charge is -2.34. The molecular formula is C18H21N5S3. The Kier molecular flexibility index (Phi) is 5.44. The van der Waals surface area contributed by atoms with Gasteiger partial charge in [0, 0.05) is 13.1 Å². The molecule has 5 nitrogen and oxygen atoms in total. The molecule has 4 rings (SSSR count). The summed E-state index contributed by atoms with van der Waals surface area (Å²) in [7, 11) is 0. The molecule has 1 aliphatic rings. The van der Waals surface area contributed by atoms with Gasteiger partial charge in [-0.3, -0.25) is 4.90 Å². The third-order valence-corrected chi connectivity index (χ3v) is 6.93. The normalized spacial score (nSPS) is 18.2. The fraction of sp³-hybridized carbons (Fsp3) is 0.389. The van der Waals surface area contributed by atoms with E-state index < -0.39 is 0 Å². The van der Waals surface area contributed by atoms with Gasteiger partial charge < -0.3 is 5.32 Å². The first-order valence-electron chi connectivity index (χ1n) is 8.77. The zero-order valence-electron chi connectivity index (χ0n) is 14.4. The molecule has 0 bridgehead atoms. The van der Waals surface area contributed by atoms with Crippen molar-refractivity contribution in [2.24, 2.45) is 0 Å². The van der Waals surface area contributed by atoms with Gasteiger partial charge >= 0.3 is 0 Å². The van der Waals surface area contributed by atoms with Gasteiger partial charge in [-0.1, -0.05) is 36.0 Å². The van der Waals surface area contributed by atoms with Crippen LogP contribution in [0, 0.1) is 3.95 Å². The minimum Gasteiger partial charge on any atom is -0.357 e. The number of anilines is 1. The van der Waals surface area contributed by atoms with E-state index in [0.717, 1.165) is 27.6 Å². The van der Waals surface area contributed by atoms with E-state index >= 15 is 0 Å². The molecule has 1 aliphatic heterocycles. The molecule has 0 aliphatic carbocycles. The van der Waals surface area contributed by atoms with Gasteiger partial charge in [0.1, 0.15) is 5.01 Å². The van der Waals surface area contributed by atoms with Gasteiger partial charge in [-0.2, -0.15) is 0 Å². The number of para-hydroxylation sites is 1. The molecule has 2 aromatic heterocycles. The van der Waals surface area contributed by atoms with Gasteiger partial charge in [0.2, 0.25) is 5.13 Å². The minimum absolute atomic E-state index is 0.342. The highest BCUT2D eigenvalue weighted by Gasteiger charge is 2.27. The fourth-order valence-corrected chi connectivity index (χ4v) is 5.41. The molecule has 0 unspecified atom stereocenters. The number of aromatic nitrogens is 3. The van der Waals surface area contributed by atoms with Gasteiger partial charge in [0.15, 0.2) is 3.95 Å². The smallest absolute Gasteiger partial charge is 0.204 e. The second-order valence-corrected chi connectivity index (χ2v) is 9.01. The molecule has 1 saturated heterocycles. The minimum atomic E-state index is 0.342. The monoisotopic (exact) mass is 403 g/mol. The van der Waals surface area contributed by atoms with Crippen LogP contribution in [-0.2, 0) is 6.67 Å². The zero-order valence-corrected chi connectivity index (χ0v) is 16.9. The highest BCUT2D eigenvalue weighted by Crippen LogP contribution is 2.36. The number of fused-ring (bicyclic) bond motifs is 1. The average molecular weight is 404 g/mol. The molecule has 0 amide bonds. The maximum atomic E-state index is 5.51. The number of likely N-dealkylation sites (tertiary alicyclic amines) is 1. The number of nitrogens with one attached hydrogen (secondary N) is 1. The predicted octanol–water partition coefficient (Wildman–Crippen LogP) is 5.07. The Labute approximate surface area is 166 Å². The summed E-state index contributed by atoms with van der Waals surface area (Å²) in [6.07, 6.45) is 5.41. The number of nitrogens with zero attached hydrogens (tertiary/aromatic N) is 4. The van der Waals surface area contributed by atoms with Gasteiger partial charge in [0.25, 0.3) is 0 Å². The Bertz CT molecular complexity index is 924. The van der Waals surface area contributed by atoms with Crippen molar-refractivity contribution in [1.82, 2.24) is 19.7 Å². The Morgan fingerprint density at radius 2 is 2.19 bits per heavy atom. The molecule has 0 spiro atoms. The van der Waals surface area contributed by atoms with E-state index in [1.54, 1.807) is 0 Å². The Morgan fingerprint density at radius 3 is 3.04 bits per heavy atom. The van der Waals surface area contributed by atoms with Crippen LogP contribution in [0.2, 0.25) is 0 Å². The van der Waals surface area contributed by atoms with Gasteiger partial charge in [-0.15, -0.1) is 23.0 Å². The zero-order chi connectivity index (χ0) is 17.9. The van der Waals surface area contributed by atoms with E-state index in [1.165, 1.54) is 33.9 Å². The molecule has 1 aromatic carbocycles. The van der Waals surface area contributed by atoms with Crippen LogP contribution in [0.25, 0.3) is 10.2 Å². The summed E-state index contributed by atoms with van der Waals surface area (Å²) in [6.45, 7) is 6.19. The maximum absolute atomic E-state index is 5.51. The van der Waals surface area contributed by atoms with Crippen molar-refractivity contribution in [1.29, 1.82) is 0 Å². The van der Waals surface area contributed by atoms with Crippen molar-refractivity contribution >= 4 is 50.2 Å². The third kappa shape index (κ3) is 3.73. The molecule has 0 saturated carbocycles. The molecule has 1 fully saturated rings. The summed E-state index contributed by atoms with van der Waals surface area (Å²) in [5.41, 5.74) is 1.10. The first-order valence-corrected chi connectivity index (χ1v) is 10.8. The quantitative estimate of drug-likeness (QED) is 0.460. The Morgan fingerprint density at radius 1 is 1.31 bits per heavy atom. The summed E-state index contributed by atoms with van der Waals surface area (Å²) in [5.74, 6) is 0.